The minimum atomic E-state index is 0.602. The Labute approximate surface area is 146 Å². The number of hydrogen-bond acceptors (Lipinski definition) is 2. The maximum absolute atomic E-state index is 5.45. The van der Waals surface area contributed by atoms with Gasteiger partial charge in [-0.05, 0) is 72.9 Å². The topological polar surface area (TPSA) is 18.5 Å². The Morgan fingerprint density at radius 3 is 1.42 bits per heavy atom. The van der Waals surface area contributed by atoms with Crippen molar-refractivity contribution in [3.05, 3.63) is 58.7 Å². The van der Waals surface area contributed by atoms with Crippen LogP contribution < -0.4 is 9.47 Å². The lowest BCUT2D eigenvalue weighted by Gasteiger charge is -2.21. The van der Waals surface area contributed by atoms with E-state index >= 15 is 0 Å². The zero-order valence-corrected chi connectivity index (χ0v) is 15.8. The average molecular weight is 326 g/mol. The Kier molecular flexibility index (Phi) is 6.30. The van der Waals surface area contributed by atoms with Crippen molar-refractivity contribution < 1.29 is 9.47 Å². The summed E-state index contributed by atoms with van der Waals surface area (Å²) in [5.41, 5.74) is 5.07. The van der Waals surface area contributed by atoms with Gasteiger partial charge in [0.2, 0.25) is 0 Å². The number of rotatable bonds is 7. The van der Waals surface area contributed by atoms with Crippen molar-refractivity contribution in [1.29, 1.82) is 0 Å². The maximum Gasteiger partial charge on any atom is 0.122 e. The molecule has 0 N–H and O–H groups in total. The van der Waals surface area contributed by atoms with E-state index in [1.807, 2.05) is 0 Å². The van der Waals surface area contributed by atoms with Gasteiger partial charge in [0.25, 0.3) is 0 Å². The van der Waals surface area contributed by atoms with E-state index in [2.05, 4.69) is 64.1 Å². The highest BCUT2D eigenvalue weighted by Crippen LogP contribution is 2.27. The van der Waals surface area contributed by atoms with Crippen molar-refractivity contribution in [3.8, 4) is 11.5 Å². The van der Waals surface area contributed by atoms with Crippen LogP contribution in [0.15, 0.2) is 36.4 Å². The molecule has 0 saturated heterocycles. The summed E-state index contributed by atoms with van der Waals surface area (Å²) in [4.78, 5) is 0. The van der Waals surface area contributed by atoms with E-state index < -0.39 is 0 Å². The monoisotopic (exact) mass is 326 g/mol. The number of aryl methyl sites for hydroxylation is 2. The fourth-order valence-corrected chi connectivity index (χ4v) is 3.13. The van der Waals surface area contributed by atoms with Crippen LogP contribution >= 0.6 is 0 Å². The summed E-state index contributed by atoms with van der Waals surface area (Å²) in [7, 11) is 3.48. The molecule has 2 rings (SSSR count). The predicted molar refractivity (Wildman–Crippen MR) is 101 cm³/mol. The number of hydrogen-bond donors (Lipinski definition) is 0. The van der Waals surface area contributed by atoms with Gasteiger partial charge < -0.3 is 9.47 Å². The van der Waals surface area contributed by atoms with Gasteiger partial charge in [0.15, 0.2) is 0 Å². The third kappa shape index (κ3) is 4.53. The molecule has 24 heavy (non-hydrogen) atoms. The molecule has 0 spiro atoms. The molecule has 2 aromatic carbocycles. The molecule has 0 heterocycles. The standard InChI is InChI=1S/C22H30O2/c1-15-7-9-19(13-21(15)23-5)11-17(3)18(4)12-20-10-8-16(2)22(14-20)24-6/h7-10,13-14,17-18H,11-12H2,1-6H3. The second kappa shape index (κ2) is 8.23. The van der Waals surface area contributed by atoms with Crippen LogP contribution in [0.1, 0.15) is 36.1 Å². The van der Waals surface area contributed by atoms with E-state index in [0.717, 1.165) is 24.3 Å². The highest BCUT2D eigenvalue weighted by Gasteiger charge is 2.15. The first-order valence-electron chi connectivity index (χ1n) is 8.71. The first-order chi connectivity index (χ1) is 11.4. The van der Waals surface area contributed by atoms with Crippen molar-refractivity contribution in [2.75, 3.05) is 14.2 Å². The Hall–Kier alpha value is -1.96. The van der Waals surface area contributed by atoms with E-state index in [9.17, 15) is 0 Å². The van der Waals surface area contributed by atoms with Crippen LogP contribution in [-0.4, -0.2) is 14.2 Å². The molecule has 2 aromatic rings. The van der Waals surface area contributed by atoms with Crippen LogP contribution in [-0.2, 0) is 12.8 Å². The third-order valence-electron chi connectivity index (χ3n) is 5.03. The molecule has 0 saturated carbocycles. The summed E-state index contributed by atoms with van der Waals surface area (Å²) in [6.07, 6.45) is 2.14. The first kappa shape index (κ1) is 18.4. The minimum Gasteiger partial charge on any atom is -0.496 e. The van der Waals surface area contributed by atoms with Crippen LogP contribution in [0.5, 0.6) is 11.5 Å². The lowest BCUT2D eigenvalue weighted by atomic mass is 9.85. The highest BCUT2D eigenvalue weighted by atomic mass is 16.5. The highest BCUT2D eigenvalue weighted by molar-refractivity contribution is 5.37. The van der Waals surface area contributed by atoms with Gasteiger partial charge in [-0.3, -0.25) is 0 Å². The summed E-state index contributed by atoms with van der Waals surface area (Å²) >= 11 is 0. The summed E-state index contributed by atoms with van der Waals surface area (Å²) in [6.45, 7) is 8.84. The second-order valence-corrected chi connectivity index (χ2v) is 6.97. The van der Waals surface area contributed by atoms with Gasteiger partial charge in [0, 0.05) is 0 Å². The zero-order chi connectivity index (χ0) is 17.7. The van der Waals surface area contributed by atoms with E-state index in [4.69, 9.17) is 9.47 Å². The average Bonchev–Trinajstić information content (AvgIpc) is 2.58. The molecule has 0 bridgehead atoms. The Bertz CT molecular complexity index is 616. The molecule has 2 unspecified atom stereocenters. The molecule has 0 fully saturated rings. The van der Waals surface area contributed by atoms with Crippen LogP contribution in [0.4, 0.5) is 0 Å². The van der Waals surface area contributed by atoms with E-state index in [1.165, 1.54) is 22.3 Å². The van der Waals surface area contributed by atoms with Gasteiger partial charge in [0.05, 0.1) is 14.2 Å². The van der Waals surface area contributed by atoms with Crippen molar-refractivity contribution in [3.63, 3.8) is 0 Å². The van der Waals surface area contributed by atoms with Gasteiger partial charge in [-0.2, -0.15) is 0 Å². The Balaban J connectivity index is 2.03. The van der Waals surface area contributed by atoms with E-state index in [-0.39, 0.29) is 0 Å². The molecule has 0 amide bonds. The molecule has 2 nitrogen and oxygen atoms in total. The van der Waals surface area contributed by atoms with Crippen molar-refractivity contribution >= 4 is 0 Å². The molecular formula is C22H30O2. The smallest absolute Gasteiger partial charge is 0.122 e. The fourth-order valence-electron chi connectivity index (χ4n) is 3.13. The molecule has 0 radical (unpaired) electrons. The Morgan fingerprint density at radius 2 is 1.08 bits per heavy atom. The van der Waals surface area contributed by atoms with E-state index in [1.54, 1.807) is 14.2 Å². The summed E-state index contributed by atoms with van der Waals surface area (Å²) in [6, 6.07) is 13.1. The van der Waals surface area contributed by atoms with Gasteiger partial charge in [0.1, 0.15) is 11.5 Å². The molecular weight excluding hydrogens is 296 g/mol. The molecule has 2 heteroatoms. The minimum absolute atomic E-state index is 0.602. The lowest BCUT2D eigenvalue weighted by molar-refractivity contribution is 0.379. The van der Waals surface area contributed by atoms with Crippen molar-refractivity contribution in [1.82, 2.24) is 0 Å². The maximum atomic E-state index is 5.45. The van der Waals surface area contributed by atoms with Crippen LogP contribution in [0.3, 0.4) is 0 Å². The normalized spacial score (nSPS) is 13.4. The van der Waals surface area contributed by atoms with Crippen molar-refractivity contribution in [2.45, 2.75) is 40.5 Å². The van der Waals surface area contributed by atoms with Crippen LogP contribution in [0.2, 0.25) is 0 Å². The number of methoxy groups -OCH3 is 2. The molecule has 130 valence electrons. The Morgan fingerprint density at radius 1 is 0.708 bits per heavy atom. The summed E-state index contributed by atoms with van der Waals surface area (Å²) < 4.78 is 10.9. The van der Waals surface area contributed by atoms with Crippen LogP contribution in [0.25, 0.3) is 0 Å². The fraction of sp³-hybridized carbons (Fsp3) is 0.455. The first-order valence-corrected chi connectivity index (χ1v) is 8.71. The summed E-state index contributed by atoms with van der Waals surface area (Å²) in [5, 5.41) is 0. The predicted octanol–water partition coefficient (Wildman–Crippen LogP) is 5.38. The largest absolute Gasteiger partial charge is 0.496 e. The third-order valence-corrected chi connectivity index (χ3v) is 5.03. The number of ether oxygens (including phenoxy) is 2. The molecule has 0 aliphatic carbocycles. The van der Waals surface area contributed by atoms with Crippen LogP contribution in [0, 0.1) is 25.7 Å². The lowest BCUT2D eigenvalue weighted by Crippen LogP contribution is -2.14. The molecule has 2 atom stereocenters. The van der Waals surface area contributed by atoms with E-state index in [0.29, 0.717) is 11.8 Å². The van der Waals surface area contributed by atoms with Gasteiger partial charge >= 0.3 is 0 Å². The second-order valence-electron chi connectivity index (χ2n) is 6.97. The molecule has 0 aliphatic rings. The van der Waals surface area contributed by atoms with Gasteiger partial charge in [-0.15, -0.1) is 0 Å². The van der Waals surface area contributed by atoms with Gasteiger partial charge in [-0.1, -0.05) is 38.1 Å². The summed E-state index contributed by atoms with van der Waals surface area (Å²) in [5.74, 6) is 3.17. The van der Waals surface area contributed by atoms with Gasteiger partial charge in [-0.25, -0.2) is 0 Å². The van der Waals surface area contributed by atoms with Crippen molar-refractivity contribution in [2.24, 2.45) is 11.8 Å². The molecule has 0 aromatic heterocycles. The number of benzene rings is 2. The quantitative estimate of drug-likeness (QED) is 0.680. The SMILES string of the molecule is COc1cc(CC(C)C(C)Cc2ccc(C)c(OC)c2)ccc1C. The zero-order valence-electron chi connectivity index (χ0n) is 15.8. The molecule has 0 aliphatic heterocycles.